The van der Waals surface area contributed by atoms with E-state index in [1.165, 1.54) is 31.4 Å². The predicted molar refractivity (Wildman–Crippen MR) is 86.1 cm³/mol. The van der Waals surface area contributed by atoms with Crippen LogP contribution in [0.4, 0.5) is 0 Å². The largest absolute Gasteiger partial charge is 0.326 e. The number of hydrogen-bond donors (Lipinski definition) is 2. The Morgan fingerprint density at radius 1 is 1.14 bits per heavy atom. The SMILES string of the molecule is NCc1cc(S(=O)(=O)NCC2CCCCC2)c(Cl)cc1Cl. The van der Waals surface area contributed by atoms with Crippen LogP contribution in [0.2, 0.25) is 10.0 Å². The molecule has 0 unspecified atom stereocenters. The summed E-state index contributed by atoms with van der Waals surface area (Å²) in [6.45, 7) is 0.625. The smallest absolute Gasteiger partial charge is 0.242 e. The number of nitrogens with one attached hydrogen (secondary N) is 1. The molecular weight excluding hydrogens is 331 g/mol. The molecule has 1 aromatic carbocycles. The maximum Gasteiger partial charge on any atom is 0.242 e. The molecule has 7 heteroatoms. The Morgan fingerprint density at radius 2 is 1.81 bits per heavy atom. The number of sulfonamides is 1. The van der Waals surface area contributed by atoms with Crippen molar-refractivity contribution in [3.63, 3.8) is 0 Å². The average Bonchev–Trinajstić information content (AvgIpc) is 2.46. The van der Waals surface area contributed by atoms with Crippen LogP contribution in [0.1, 0.15) is 37.7 Å². The molecule has 0 atom stereocenters. The van der Waals surface area contributed by atoms with Crippen LogP contribution in [-0.2, 0) is 16.6 Å². The molecule has 0 aliphatic heterocycles. The lowest BCUT2D eigenvalue weighted by molar-refractivity contribution is 0.357. The van der Waals surface area contributed by atoms with Gasteiger partial charge < -0.3 is 5.73 Å². The zero-order valence-electron chi connectivity index (χ0n) is 11.7. The van der Waals surface area contributed by atoms with Gasteiger partial charge in [-0.3, -0.25) is 0 Å². The van der Waals surface area contributed by atoms with Crippen LogP contribution in [0.15, 0.2) is 17.0 Å². The van der Waals surface area contributed by atoms with Gasteiger partial charge in [0.05, 0.1) is 5.02 Å². The Morgan fingerprint density at radius 3 is 2.43 bits per heavy atom. The van der Waals surface area contributed by atoms with Gasteiger partial charge in [-0.05, 0) is 36.5 Å². The first-order valence-electron chi connectivity index (χ1n) is 7.11. The molecule has 1 aliphatic carbocycles. The van der Waals surface area contributed by atoms with E-state index in [0.717, 1.165) is 12.8 Å². The molecule has 1 aromatic rings. The van der Waals surface area contributed by atoms with Gasteiger partial charge in [-0.25, -0.2) is 13.1 Å². The molecule has 0 aromatic heterocycles. The quantitative estimate of drug-likeness (QED) is 0.855. The molecule has 4 nitrogen and oxygen atoms in total. The van der Waals surface area contributed by atoms with Crippen molar-refractivity contribution < 1.29 is 8.42 Å². The maximum atomic E-state index is 12.4. The summed E-state index contributed by atoms with van der Waals surface area (Å²) in [4.78, 5) is 0.0461. The summed E-state index contributed by atoms with van der Waals surface area (Å²) in [5.74, 6) is 0.411. The lowest BCUT2D eigenvalue weighted by atomic mass is 9.90. The molecule has 0 heterocycles. The summed E-state index contributed by atoms with van der Waals surface area (Å²) in [6.07, 6.45) is 5.73. The van der Waals surface area contributed by atoms with E-state index in [-0.39, 0.29) is 16.5 Å². The molecule has 2 rings (SSSR count). The molecule has 0 radical (unpaired) electrons. The van der Waals surface area contributed by atoms with E-state index >= 15 is 0 Å². The van der Waals surface area contributed by atoms with E-state index in [4.69, 9.17) is 28.9 Å². The first kappa shape index (κ1) is 17.0. The van der Waals surface area contributed by atoms with Gasteiger partial charge in [-0.1, -0.05) is 42.5 Å². The van der Waals surface area contributed by atoms with Gasteiger partial charge in [0.1, 0.15) is 4.90 Å². The first-order valence-corrected chi connectivity index (χ1v) is 9.35. The molecule has 1 saturated carbocycles. The van der Waals surface area contributed by atoms with Gasteiger partial charge in [0.25, 0.3) is 0 Å². The standard InChI is InChI=1S/C14H20Cl2N2O2S/c15-12-7-13(16)14(6-11(12)8-17)21(19,20)18-9-10-4-2-1-3-5-10/h6-7,10,18H,1-5,8-9,17H2. The third-order valence-corrected chi connectivity index (χ3v) is 6.14. The first-order chi connectivity index (χ1) is 9.94. The third-order valence-electron chi connectivity index (χ3n) is 3.90. The third kappa shape index (κ3) is 4.33. The number of benzene rings is 1. The van der Waals surface area contributed by atoms with Crippen LogP contribution in [-0.4, -0.2) is 15.0 Å². The number of halogens is 2. The second-order valence-corrected chi connectivity index (χ2v) is 7.98. The van der Waals surface area contributed by atoms with E-state index < -0.39 is 10.0 Å². The molecule has 1 aliphatic rings. The molecule has 118 valence electrons. The number of rotatable bonds is 5. The fraction of sp³-hybridized carbons (Fsp3) is 0.571. The van der Waals surface area contributed by atoms with Crippen molar-refractivity contribution in [2.24, 2.45) is 11.7 Å². The van der Waals surface area contributed by atoms with Crippen LogP contribution in [0.5, 0.6) is 0 Å². The van der Waals surface area contributed by atoms with Gasteiger partial charge in [0, 0.05) is 18.1 Å². The Bertz CT molecular complexity index is 599. The molecule has 0 saturated heterocycles. The second kappa shape index (κ2) is 7.29. The van der Waals surface area contributed by atoms with E-state index in [2.05, 4.69) is 4.72 Å². The summed E-state index contributed by atoms with van der Waals surface area (Å²) >= 11 is 12.0. The Hall–Kier alpha value is -0.330. The zero-order valence-corrected chi connectivity index (χ0v) is 14.1. The molecule has 1 fully saturated rings. The molecular formula is C14H20Cl2N2O2S. The minimum Gasteiger partial charge on any atom is -0.326 e. The lowest BCUT2D eigenvalue weighted by Gasteiger charge is -2.22. The van der Waals surface area contributed by atoms with Crippen molar-refractivity contribution in [2.45, 2.75) is 43.5 Å². The van der Waals surface area contributed by atoms with E-state index in [1.54, 1.807) is 0 Å². The fourth-order valence-corrected chi connectivity index (χ4v) is 4.62. The average molecular weight is 351 g/mol. The van der Waals surface area contributed by atoms with Crippen molar-refractivity contribution in [2.75, 3.05) is 6.54 Å². The summed E-state index contributed by atoms with van der Waals surface area (Å²) in [7, 11) is -3.64. The zero-order chi connectivity index (χ0) is 15.5. The Labute approximate surface area is 136 Å². The van der Waals surface area contributed by atoms with Crippen LogP contribution in [0.3, 0.4) is 0 Å². The molecule has 21 heavy (non-hydrogen) atoms. The van der Waals surface area contributed by atoms with E-state index in [0.29, 0.717) is 23.0 Å². The highest BCUT2D eigenvalue weighted by atomic mass is 35.5. The highest BCUT2D eigenvalue weighted by molar-refractivity contribution is 7.89. The van der Waals surface area contributed by atoms with Gasteiger partial charge in [0.15, 0.2) is 0 Å². The van der Waals surface area contributed by atoms with Crippen LogP contribution in [0, 0.1) is 5.92 Å². The lowest BCUT2D eigenvalue weighted by Crippen LogP contribution is -2.30. The summed E-state index contributed by atoms with van der Waals surface area (Å²) in [5, 5.41) is 0.502. The van der Waals surface area contributed by atoms with Crippen LogP contribution < -0.4 is 10.5 Å². The Kier molecular flexibility index (Phi) is 5.91. The van der Waals surface area contributed by atoms with Gasteiger partial charge in [-0.2, -0.15) is 0 Å². The topological polar surface area (TPSA) is 72.2 Å². The molecule has 0 spiro atoms. The normalized spacial score (nSPS) is 17.1. The van der Waals surface area contributed by atoms with E-state index in [1.807, 2.05) is 0 Å². The van der Waals surface area contributed by atoms with Crippen LogP contribution >= 0.6 is 23.2 Å². The van der Waals surface area contributed by atoms with Crippen molar-refractivity contribution in [3.05, 3.63) is 27.7 Å². The minimum atomic E-state index is -3.64. The maximum absolute atomic E-state index is 12.4. The predicted octanol–water partition coefficient (Wildman–Crippen LogP) is 3.31. The van der Waals surface area contributed by atoms with Crippen molar-refractivity contribution in [3.8, 4) is 0 Å². The molecule has 3 N–H and O–H groups in total. The number of hydrogen-bond acceptors (Lipinski definition) is 3. The van der Waals surface area contributed by atoms with E-state index in [9.17, 15) is 8.42 Å². The van der Waals surface area contributed by atoms with Gasteiger partial charge >= 0.3 is 0 Å². The van der Waals surface area contributed by atoms with Gasteiger partial charge in [0.2, 0.25) is 10.0 Å². The Balaban J connectivity index is 2.15. The number of nitrogens with two attached hydrogens (primary N) is 1. The fourth-order valence-electron chi connectivity index (χ4n) is 2.63. The molecule has 0 bridgehead atoms. The highest BCUT2D eigenvalue weighted by Crippen LogP contribution is 2.29. The highest BCUT2D eigenvalue weighted by Gasteiger charge is 2.22. The minimum absolute atomic E-state index is 0.0461. The van der Waals surface area contributed by atoms with Gasteiger partial charge in [-0.15, -0.1) is 0 Å². The monoisotopic (exact) mass is 350 g/mol. The van der Waals surface area contributed by atoms with Crippen molar-refractivity contribution >= 4 is 33.2 Å². The second-order valence-electron chi connectivity index (χ2n) is 5.43. The summed E-state index contributed by atoms with van der Waals surface area (Å²) < 4.78 is 27.5. The summed E-state index contributed by atoms with van der Waals surface area (Å²) in [5.41, 5.74) is 6.13. The van der Waals surface area contributed by atoms with Crippen LogP contribution in [0.25, 0.3) is 0 Å². The van der Waals surface area contributed by atoms with Crippen molar-refractivity contribution in [1.29, 1.82) is 0 Å². The van der Waals surface area contributed by atoms with Crippen molar-refractivity contribution in [1.82, 2.24) is 4.72 Å². The molecule has 0 amide bonds. The summed E-state index contributed by atoms with van der Waals surface area (Å²) in [6, 6.07) is 2.88.